The van der Waals surface area contributed by atoms with Gasteiger partial charge in [0.25, 0.3) is 23.6 Å². The molecule has 11 rings (SSSR count). The normalized spacial score (nSPS) is 14.2. The van der Waals surface area contributed by atoms with Gasteiger partial charge in [-0.05, 0) is 117 Å². The fourth-order valence-corrected chi connectivity index (χ4v) is 11.5. The van der Waals surface area contributed by atoms with E-state index in [9.17, 15) is 0 Å². The molecule has 70 heavy (non-hydrogen) atoms. The summed E-state index contributed by atoms with van der Waals surface area (Å²) in [6.07, 6.45) is 0.969. The van der Waals surface area contributed by atoms with Crippen LogP contribution < -0.4 is 19.3 Å². The summed E-state index contributed by atoms with van der Waals surface area (Å²) in [5.74, 6) is 0.144. The van der Waals surface area contributed by atoms with Crippen LogP contribution in [0.4, 0.5) is 11.4 Å². The number of hydrogen-bond donors (Lipinski definition) is 0. The summed E-state index contributed by atoms with van der Waals surface area (Å²) in [6.45, 7) is 19.4. The van der Waals surface area contributed by atoms with E-state index >= 15 is 19.2 Å². The second-order valence-electron chi connectivity index (χ2n) is 21.4. The number of para-hydroxylation sites is 3. The van der Waals surface area contributed by atoms with E-state index in [1.54, 1.807) is 24.3 Å². The van der Waals surface area contributed by atoms with Crippen molar-refractivity contribution in [1.29, 1.82) is 0 Å². The number of imide groups is 2. The van der Waals surface area contributed by atoms with Crippen LogP contribution in [-0.4, -0.2) is 23.6 Å². The lowest BCUT2D eigenvalue weighted by Crippen LogP contribution is -2.41. The minimum Gasteiger partial charge on any atom is -0.457 e. The fraction of sp³-hybridized carbons (Fsp3) is 0.226. The Morgan fingerprint density at radius 1 is 0.429 bits per heavy atom. The van der Waals surface area contributed by atoms with Gasteiger partial charge in [0.15, 0.2) is 0 Å². The topological polar surface area (TPSA) is 93.2 Å². The van der Waals surface area contributed by atoms with Crippen molar-refractivity contribution in [2.24, 2.45) is 5.41 Å². The molecule has 4 amide bonds. The smallest absolute Gasteiger partial charge is 0.266 e. The Morgan fingerprint density at radius 3 is 1.26 bits per heavy atom. The van der Waals surface area contributed by atoms with Gasteiger partial charge in [-0.3, -0.25) is 19.2 Å². The van der Waals surface area contributed by atoms with Gasteiger partial charge in [0.05, 0.1) is 22.5 Å². The minimum atomic E-state index is -0.466. The molecule has 0 radical (unpaired) electrons. The van der Waals surface area contributed by atoms with Crippen molar-refractivity contribution in [3.05, 3.63) is 178 Å². The molecule has 0 N–H and O–H groups in total. The molecule has 2 heterocycles. The average molecular weight is 923 g/mol. The first-order valence-corrected chi connectivity index (χ1v) is 24.2. The maximum atomic E-state index is 15.3. The van der Waals surface area contributed by atoms with Crippen molar-refractivity contribution >= 4 is 78.1 Å². The Bertz CT molecular complexity index is 3670. The standard InChI is InChI=1S/C62H54N2O6/c1-34(2)39-19-13-15-21-47(39)63-57(65)43-30-28-42-54-50(70-38-25-23-36(24-26-38)62(8,9)33-61(5,6)7)32-46-52-44(58(66)64(60(46)68)48-22-16-14-20-40(48)35(3)4)29-27-41(56(52)54)53-49(69-37-17-11-10-12-18-37)31-45(59(63)67)51(43)55(42)53/h10-32,34-35H,33H2,1-9H3. The van der Waals surface area contributed by atoms with E-state index in [0.717, 1.165) is 17.5 Å². The Labute approximate surface area is 407 Å². The molecule has 0 aromatic heterocycles. The van der Waals surface area contributed by atoms with E-state index in [-0.39, 0.29) is 22.7 Å². The molecule has 0 spiro atoms. The molecule has 8 heteroatoms. The lowest BCUT2D eigenvalue weighted by Gasteiger charge is -2.33. The van der Waals surface area contributed by atoms with Crippen molar-refractivity contribution in [1.82, 2.24) is 0 Å². The van der Waals surface area contributed by atoms with Gasteiger partial charge in [0, 0.05) is 43.4 Å². The maximum Gasteiger partial charge on any atom is 0.266 e. The number of ether oxygens (including phenoxy) is 2. The number of nitrogens with zero attached hydrogens (tertiary/aromatic N) is 2. The molecule has 0 fully saturated rings. The maximum absolute atomic E-state index is 15.3. The van der Waals surface area contributed by atoms with Crippen LogP contribution >= 0.6 is 0 Å². The van der Waals surface area contributed by atoms with Gasteiger partial charge >= 0.3 is 0 Å². The largest absolute Gasteiger partial charge is 0.457 e. The third kappa shape index (κ3) is 6.94. The monoisotopic (exact) mass is 922 g/mol. The van der Waals surface area contributed by atoms with E-state index in [1.165, 1.54) is 15.4 Å². The number of fused-ring (bicyclic) bond motifs is 2. The SMILES string of the molecule is CC(C)c1ccccc1N1C(=O)c2ccc3c4c(Oc5ccc(C(C)(C)CC(C)(C)C)cc5)cc5c6c(ccc(c7c(Oc8ccccc8)cc(c2c37)C1=O)c64)C(=O)N(c1ccccc1C(C)C)C5=O. The van der Waals surface area contributed by atoms with Crippen molar-refractivity contribution in [2.45, 2.75) is 86.0 Å². The summed E-state index contributed by atoms with van der Waals surface area (Å²) < 4.78 is 13.9. The molecule has 2 aliphatic heterocycles. The van der Waals surface area contributed by atoms with Gasteiger partial charge in [-0.2, -0.15) is 0 Å². The van der Waals surface area contributed by atoms with Crippen LogP contribution in [0.2, 0.25) is 0 Å². The zero-order valence-corrected chi connectivity index (χ0v) is 41.0. The molecular formula is C62H54N2O6. The number of carbonyl (C=O) groups excluding carboxylic acids is 4. The second kappa shape index (κ2) is 16.1. The number of benzene rings is 9. The molecule has 348 valence electrons. The summed E-state index contributed by atoms with van der Waals surface area (Å²) in [5.41, 5.74) is 5.34. The first-order chi connectivity index (χ1) is 33.4. The third-order valence-corrected chi connectivity index (χ3v) is 14.2. The van der Waals surface area contributed by atoms with Gasteiger partial charge in [0.1, 0.15) is 23.0 Å². The summed E-state index contributed by atoms with van der Waals surface area (Å²) >= 11 is 0. The van der Waals surface area contributed by atoms with Crippen LogP contribution in [-0.2, 0) is 5.41 Å². The minimum absolute atomic E-state index is 0.0289. The highest BCUT2D eigenvalue weighted by atomic mass is 16.5. The van der Waals surface area contributed by atoms with E-state index in [2.05, 4.69) is 46.8 Å². The molecule has 0 atom stereocenters. The van der Waals surface area contributed by atoms with E-state index in [0.29, 0.717) is 99.7 Å². The summed E-state index contributed by atoms with van der Waals surface area (Å²) in [7, 11) is 0. The molecule has 9 aromatic rings. The predicted molar refractivity (Wildman–Crippen MR) is 281 cm³/mol. The van der Waals surface area contributed by atoms with Crippen molar-refractivity contribution in [3.8, 4) is 23.0 Å². The van der Waals surface area contributed by atoms with Crippen LogP contribution in [0.5, 0.6) is 23.0 Å². The van der Waals surface area contributed by atoms with Crippen LogP contribution in [0.25, 0.3) is 43.1 Å². The van der Waals surface area contributed by atoms with Gasteiger partial charge in [-0.1, -0.05) is 141 Å². The number of rotatable bonds is 10. The Morgan fingerprint density at radius 2 is 0.829 bits per heavy atom. The van der Waals surface area contributed by atoms with Crippen molar-refractivity contribution < 1.29 is 28.7 Å². The molecule has 0 aliphatic carbocycles. The molecule has 0 unspecified atom stereocenters. The Hall–Kier alpha value is -7.84. The average Bonchev–Trinajstić information content (AvgIpc) is 3.32. The van der Waals surface area contributed by atoms with Crippen LogP contribution in [0.3, 0.4) is 0 Å². The van der Waals surface area contributed by atoms with Crippen molar-refractivity contribution in [3.63, 3.8) is 0 Å². The molecule has 2 aliphatic rings. The highest BCUT2D eigenvalue weighted by Gasteiger charge is 2.41. The molecule has 9 aromatic carbocycles. The van der Waals surface area contributed by atoms with Crippen LogP contribution in [0, 0.1) is 5.41 Å². The molecule has 8 nitrogen and oxygen atoms in total. The number of amides is 4. The number of carbonyl (C=O) groups is 4. The van der Waals surface area contributed by atoms with Gasteiger partial charge in [-0.25, -0.2) is 9.80 Å². The highest BCUT2D eigenvalue weighted by molar-refractivity contribution is 6.46. The van der Waals surface area contributed by atoms with E-state index in [4.69, 9.17) is 9.47 Å². The lowest BCUT2D eigenvalue weighted by molar-refractivity contribution is 0.0877. The van der Waals surface area contributed by atoms with Crippen LogP contribution in [0.15, 0.2) is 140 Å². The van der Waals surface area contributed by atoms with E-state index in [1.807, 2.05) is 131 Å². The second-order valence-corrected chi connectivity index (χ2v) is 21.4. The lowest BCUT2D eigenvalue weighted by atomic mass is 9.72. The fourth-order valence-electron chi connectivity index (χ4n) is 11.5. The number of hydrogen-bond acceptors (Lipinski definition) is 6. The van der Waals surface area contributed by atoms with Gasteiger partial charge < -0.3 is 9.47 Å². The van der Waals surface area contributed by atoms with Crippen molar-refractivity contribution in [2.75, 3.05) is 9.80 Å². The van der Waals surface area contributed by atoms with Gasteiger partial charge in [-0.15, -0.1) is 0 Å². The summed E-state index contributed by atoms with van der Waals surface area (Å²) in [5, 5.41) is 4.90. The quantitative estimate of drug-likeness (QED) is 0.0770. The zero-order valence-electron chi connectivity index (χ0n) is 41.0. The molecule has 0 saturated carbocycles. The first-order valence-electron chi connectivity index (χ1n) is 24.2. The Kier molecular flexibility index (Phi) is 10.3. The van der Waals surface area contributed by atoms with Gasteiger partial charge in [0.2, 0.25) is 0 Å². The van der Waals surface area contributed by atoms with E-state index < -0.39 is 23.6 Å². The first kappa shape index (κ1) is 44.7. The third-order valence-electron chi connectivity index (χ3n) is 14.2. The highest BCUT2D eigenvalue weighted by Crippen LogP contribution is 2.54. The summed E-state index contributed by atoms with van der Waals surface area (Å²) in [4.78, 5) is 63.1. The Balaban J connectivity index is 1.22. The summed E-state index contributed by atoms with van der Waals surface area (Å²) in [6, 6.07) is 43.5. The molecular weight excluding hydrogens is 869 g/mol. The van der Waals surface area contributed by atoms with Crippen LogP contribution in [0.1, 0.15) is 139 Å². The zero-order chi connectivity index (χ0) is 49.1. The predicted octanol–water partition coefficient (Wildman–Crippen LogP) is 15.9. The molecule has 0 saturated heterocycles. The number of anilines is 2. The molecule has 0 bridgehead atoms.